The normalized spacial score (nSPS) is 11.7. The molecule has 53 heavy (non-hydrogen) atoms. The number of esters is 2. The average Bonchev–Trinajstić information content (AvgIpc) is 3.19. The van der Waals surface area contributed by atoms with Gasteiger partial charge in [0.25, 0.3) is 0 Å². The smallest absolute Gasteiger partial charge is 0.336 e. The minimum Gasteiger partial charge on any atom is -0.427 e. The summed E-state index contributed by atoms with van der Waals surface area (Å²) in [5.74, 6) is 0.111. The molecule has 6 aromatic rings. The van der Waals surface area contributed by atoms with Crippen molar-refractivity contribution in [2.45, 2.75) is 33.4 Å². The number of hydrogen-bond donors (Lipinski definition) is 0. The van der Waals surface area contributed by atoms with Crippen LogP contribution >= 0.6 is 35.3 Å². The summed E-state index contributed by atoms with van der Waals surface area (Å²) in [6.45, 7) is 3.41. The van der Waals surface area contributed by atoms with Crippen molar-refractivity contribution in [3.8, 4) is 11.5 Å². The van der Waals surface area contributed by atoms with Crippen molar-refractivity contribution in [1.82, 2.24) is 0 Å². The van der Waals surface area contributed by atoms with E-state index in [4.69, 9.17) is 9.47 Å². The van der Waals surface area contributed by atoms with Crippen LogP contribution < -0.4 is 9.47 Å². The fourth-order valence-electron chi connectivity index (χ4n) is 5.44. The highest BCUT2D eigenvalue weighted by atomic mass is 32.2. The quantitative estimate of drug-likeness (QED) is 0.0383. The summed E-state index contributed by atoms with van der Waals surface area (Å²) in [7, 11) is 0. The molecule has 0 radical (unpaired) electrons. The lowest BCUT2D eigenvalue weighted by molar-refractivity contribution is -0.132. The summed E-state index contributed by atoms with van der Waals surface area (Å²) in [6.07, 6.45) is 3.47. The number of allylic oxidation sites excluding steroid dienone is 1. The van der Waals surface area contributed by atoms with Gasteiger partial charge in [0.15, 0.2) is 0 Å². The van der Waals surface area contributed by atoms with Gasteiger partial charge in [0.05, 0.1) is 0 Å². The third kappa shape index (κ3) is 10.8. The summed E-state index contributed by atoms with van der Waals surface area (Å²) in [5.41, 5.74) is 5.99. The van der Waals surface area contributed by atoms with Gasteiger partial charge in [-0.2, -0.15) is 0 Å². The van der Waals surface area contributed by atoms with Gasteiger partial charge in [-0.25, -0.2) is 4.79 Å². The fraction of sp³-hybridized carbons (Fsp3) is 0.0435. The standard InChI is InChI=1S/C46H36O4S3/c1-3-31-51-40-22-26-42(27-23-40)53-43-28-24-41(25-29-43)52-32-30-44(48)50-39-20-16-37(17-21-39)46(35-12-8-5-9-13-35)45(34-10-6-4-7-11-34)36-14-18-38(19-15-36)49-33(2)47/h3-32H,1-2H3/b31-3+,32-30+,46-45+. The first-order chi connectivity index (χ1) is 25.9. The molecule has 0 unspecified atom stereocenters. The van der Waals surface area contributed by atoms with Crippen LogP contribution in [-0.2, 0) is 9.59 Å². The Labute approximate surface area is 323 Å². The van der Waals surface area contributed by atoms with Gasteiger partial charge in [-0.15, -0.1) is 0 Å². The minimum atomic E-state index is -0.454. The number of rotatable bonds is 13. The van der Waals surface area contributed by atoms with Crippen LogP contribution in [0.15, 0.2) is 200 Å². The highest BCUT2D eigenvalue weighted by Gasteiger charge is 2.17. The number of carbonyl (C=O) groups excluding carboxylic acids is 2. The Kier molecular flexibility index (Phi) is 13.3. The summed E-state index contributed by atoms with van der Waals surface area (Å²) >= 11 is 4.88. The lowest BCUT2D eigenvalue weighted by Crippen LogP contribution is -2.04. The molecule has 0 saturated carbocycles. The first-order valence-corrected chi connectivity index (χ1v) is 19.5. The number of thioether (sulfide) groups is 2. The van der Waals surface area contributed by atoms with E-state index in [0.717, 1.165) is 43.2 Å². The van der Waals surface area contributed by atoms with Gasteiger partial charge in [-0.05, 0) is 124 Å². The summed E-state index contributed by atoms with van der Waals surface area (Å²) < 4.78 is 11.0. The zero-order chi connectivity index (χ0) is 36.8. The van der Waals surface area contributed by atoms with Crippen molar-refractivity contribution in [2.75, 3.05) is 0 Å². The molecular formula is C46H36O4S3. The Morgan fingerprint density at radius 3 is 1.30 bits per heavy atom. The molecule has 0 spiro atoms. The van der Waals surface area contributed by atoms with E-state index in [0.29, 0.717) is 11.5 Å². The molecule has 7 heteroatoms. The van der Waals surface area contributed by atoms with E-state index >= 15 is 0 Å². The fourth-order valence-corrected chi connectivity index (χ4v) is 7.47. The maximum Gasteiger partial charge on any atom is 0.336 e. The van der Waals surface area contributed by atoms with E-state index in [1.165, 1.54) is 34.6 Å². The van der Waals surface area contributed by atoms with E-state index in [1.54, 1.807) is 41.1 Å². The van der Waals surface area contributed by atoms with Crippen LogP contribution in [0.2, 0.25) is 0 Å². The predicted octanol–water partition coefficient (Wildman–Crippen LogP) is 12.6. The number of carbonyl (C=O) groups is 2. The molecule has 0 fully saturated rings. The van der Waals surface area contributed by atoms with Gasteiger partial charge in [0.2, 0.25) is 0 Å². The van der Waals surface area contributed by atoms with Crippen LogP contribution in [0.1, 0.15) is 36.1 Å². The Hall–Kier alpha value is -5.47. The molecule has 0 saturated heterocycles. The van der Waals surface area contributed by atoms with Crippen molar-refractivity contribution in [2.24, 2.45) is 0 Å². The minimum absolute atomic E-state index is 0.366. The van der Waals surface area contributed by atoms with Crippen molar-refractivity contribution >= 4 is 58.4 Å². The van der Waals surface area contributed by atoms with Crippen LogP contribution in [0.25, 0.3) is 11.1 Å². The molecule has 0 heterocycles. The number of benzene rings is 6. The topological polar surface area (TPSA) is 52.6 Å². The van der Waals surface area contributed by atoms with Gasteiger partial charge < -0.3 is 9.47 Å². The Balaban J connectivity index is 1.15. The molecule has 262 valence electrons. The van der Waals surface area contributed by atoms with Crippen LogP contribution in [0, 0.1) is 0 Å². The molecule has 6 rings (SSSR count). The van der Waals surface area contributed by atoms with Gasteiger partial charge in [0, 0.05) is 32.6 Å². The highest BCUT2D eigenvalue weighted by molar-refractivity contribution is 8.02. The maximum absolute atomic E-state index is 12.8. The second kappa shape index (κ2) is 18.9. The summed E-state index contributed by atoms with van der Waals surface area (Å²) in [5, 5.41) is 3.82. The summed E-state index contributed by atoms with van der Waals surface area (Å²) in [6, 6.07) is 52.3. The molecule has 0 bridgehead atoms. The molecule has 0 aliphatic rings. The van der Waals surface area contributed by atoms with E-state index in [-0.39, 0.29) is 5.97 Å². The zero-order valence-corrected chi connectivity index (χ0v) is 31.6. The van der Waals surface area contributed by atoms with Gasteiger partial charge in [0.1, 0.15) is 11.5 Å². The Morgan fingerprint density at radius 2 is 0.868 bits per heavy atom. The second-order valence-corrected chi connectivity index (χ2v) is 14.7. The Morgan fingerprint density at radius 1 is 0.472 bits per heavy atom. The maximum atomic E-state index is 12.8. The van der Waals surface area contributed by atoms with Crippen molar-refractivity contribution in [1.29, 1.82) is 0 Å². The predicted molar refractivity (Wildman–Crippen MR) is 220 cm³/mol. The van der Waals surface area contributed by atoms with E-state index < -0.39 is 5.97 Å². The van der Waals surface area contributed by atoms with E-state index in [9.17, 15) is 9.59 Å². The van der Waals surface area contributed by atoms with Gasteiger partial charge in [-0.3, -0.25) is 4.79 Å². The lowest BCUT2D eigenvalue weighted by atomic mass is 9.86. The third-order valence-electron chi connectivity index (χ3n) is 7.77. The number of ether oxygens (including phenoxy) is 2. The average molecular weight is 749 g/mol. The van der Waals surface area contributed by atoms with Crippen molar-refractivity contribution < 1.29 is 19.1 Å². The molecule has 6 aromatic carbocycles. The van der Waals surface area contributed by atoms with Gasteiger partial charge >= 0.3 is 11.9 Å². The molecule has 0 N–H and O–H groups in total. The van der Waals surface area contributed by atoms with Crippen LogP contribution in [0.4, 0.5) is 0 Å². The monoisotopic (exact) mass is 748 g/mol. The van der Waals surface area contributed by atoms with Crippen LogP contribution in [0.5, 0.6) is 11.5 Å². The molecule has 0 aliphatic heterocycles. The largest absolute Gasteiger partial charge is 0.427 e. The highest BCUT2D eigenvalue weighted by Crippen LogP contribution is 2.38. The van der Waals surface area contributed by atoms with Crippen molar-refractivity contribution in [3.05, 3.63) is 203 Å². The molecule has 0 amide bonds. The van der Waals surface area contributed by atoms with E-state index in [2.05, 4.69) is 66.1 Å². The number of hydrogen-bond acceptors (Lipinski definition) is 7. The second-order valence-electron chi connectivity index (χ2n) is 11.6. The molecular weight excluding hydrogens is 713 g/mol. The summed E-state index contributed by atoms with van der Waals surface area (Å²) in [4.78, 5) is 28.9. The van der Waals surface area contributed by atoms with Gasteiger partial charge in [-0.1, -0.05) is 126 Å². The molecule has 0 atom stereocenters. The molecule has 0 aromatic heterocycles. The molecule has 0 aliphatic carbocycles. The van der Waals surface area contributed by atoms with E-state index in [1.807, 2.05) is 97.9 Å². The lowest BCUT2D eigenvalue weighted by Gasteiger charge is -2.18. The first kappa shape index (κ1) is 37.3. The molecule has 4 nitrogen and oxygen atoms in total. The SMILES string of the molecule is C/C=C/Sc1ccc(Sc2ccc(S/C=C/C(=O)Oc3ccc(/C(=C(\c4ccccc4)c4ccc(OC(C)=O)cc4)c4ccccc4)cc3)cc2)cc1. The van der Waals surface area contributed by atoms with Crippen LogP contribution in [0.3, 0.4) is 0 Å². The van der Waals surface area contributed by atoms with Crippen molar-refractivity contribution in [3.63, 3.8) is 0 Å². The third-order valence-corrected chi connectivity index (χ3v) is 10.6. The van der Waals surface area contributed by atoms with Crippen LogP contribution in [-0.4, -0.2) is 11.9 Å². The first-order valence-electron chi connectivity index (χ1n) is 16.9. The Bertz CT molecular complexity index is 2210. The zero-order valence-electron chi connectivity index (χ0n) is 29.2.